The number of nitrogens with one attached hydrogen (secondary N) is 1. The molecule has 31 heavy (non-hydrogen) atoms. The van der Waals surface area contributed by atoms with Gasteiger partial charge in [0.1, 0.15) is 5.82 Å². The molecule has 5 nitrogen and oxygen atoms in total. The summed E-state index contributed by atoms with van der Waals surface area (Å²) in [5.74, 6) is -1.71. The highest BCUT2D eigenvalue weighted by molar-refractivity contribution is 7.19. The second-order valence-corrected chi connectivity index (χ2v) is 8.41. The standard InChI is InChI=1S/C24H21FN2O3S/c25-18-6-4-15(5-7-18)16-12-20(23(29)21(28)13-16)24(30)27-9-2-1-3-19-11-17-14-26-10-8-22(17)31-19/h4-8,10-14,28-29H,1-3,9H2,(H,27,30). The number of phenols is 2. The lowest BCUT2D eigenvalue weighted by Crippen LogP contribution is -2.24. The Kier molecular flexibility index (Phi) is 6.13. The van der Waals surface area contributed by atoms with Gasteiger partial charge in [-0.2, -0.15) is 0 Å². The summed E-state index contributed by atoms with van der Waals surface area (Å²) in [6.07, 6.45) is 6.26. The van der Waals surface area contributed by atoms with Crippen molar-refractivity contribution < 1.29 is 19.4 Å². The van der Waals surface area contributed by atoms with E-state index in [9.17, 15) is 19.4 Å². The molecule has 2 heterocycles. The number of hydrogen-bond acceptors (Lipinski definition) is 5. The van der Waals surface area contributed by atoms with Crippen LogP contribution in [-0.2, 0) is 6.42 Å². The monoisotopic (exact) mass is 436 g/mol. The fourth-order valence-electron chi connectivity index (χ4n) is 3.39. The third-order valence-corrected chi connectivity index (χ3v) is 6.19. The summed E-state index contributed by atoms with van der Waals surface area (Å²) < 4.78 is 14.4. The van der Waals surface area contributed by atoms with Gasteiger partial charge in [0.15, 0.2) is 11.5 Å². The van der Waals surface area contributed by atoms with Crippen molar-refractivity contribution >= 4 is 27.3 Å². The van der Waals surface area contributed by atoms with Crippen LogP contribution in [0.25, 0.3) is 21.2 Å². The predicted molar refractivity (Wildman–Crippen MR) is 120 cm³/mol. The summed E-state index contributed by atoms with van der Waals surface area (Å²) in [6.45, 7) is 0.451. The van der Waals surface area contributed by atoms with Gasteiger partial charge >= 0.3 is 0 Å². The zero-order chi connectivity index (χ0) is 21.8. The van der Waals surface area contributed by atoms with Gasteiger partial charge in [0, 0.05) is 33.9 Å². The molecule has 0 unspecified atom stereocenters. The van der Waals surface area contributed by atoms with E-state index in [2.05, 4.69) is 16.4 Å². The van der Waals surface area contributed by atoms with Gasteiger partial charge in [0.2, 0.25) is 0 Å². The van der Waals surface area contributed by atoms with Gasteiger partial charge in [-0.15, -0.1) is 11.3 Å². The average Bonchev–Trinajstić information content (AvgIpc) is 3.18. The number of pyridine rings is 1. The second-order valence-electron chi connectivity index (χ2n) is 7.24. The molecule has 0 radical (unpaired) electrons. The first-order chi connectivity index (χ1) is 15.0. The van der Waals surface area contributed by atoms with Crippen LogP contribution >= 0.6 is 11.3 Å². The summed E-state index contributed by atoms with van der Waals surface area (Å²) in [5.41, 5.74) is 1.13. The fourth-order valence-corrected chi connectivity index (χ4v) is 4.46. The zero-order valence-electron chi connectivity index (χ0n) is 16.6. The van der Waals surface area contributed by atoms with Crippen molar-refractivity contribution in [3.8, 4) is 22.6 Å². The molecule has 158 valence electrons. The molecule has 0 spiro atoms. The number of aromatic hydroxyl groups is 2. The maximum Gasteiger partial charge on any atom is 0.255 e. The summed E-state index contributed by atoms with van der Waals surface area (Å²) >= 11 is 1.75. The minimum absolute atomic E-state index is 0.0173. The van der Waals surface area contributed by atoms with E-state index in [1.54, 1.807) is 29.7 Å². The topological polar surface area (TPSA) is 82.5 Å². The van der Waals surface area contributed by atoms with E-state index in [-0.39, 0.29) is 11.4 Å². The smallest absolute Gasteiger partial charge is 0.255 e. The number of aryl methyl sites for hydroxylation is 1. The number of benzene rings is 2. The number of hydrogen-bond donors (Lipinski definition) is 3. The number of nitrogens with zero attached hydrogens (tertiary/aromatic N) is 1. The van der Waals surface area contributed by atoms with Crippen LogP contribution in [0.15, 0.2) is 60.9 Å². The van der Waals surface area contributed by atoms with E-state index < -0.39 is 17.4 Å². The Hall–Kier alpha value is -3.45. The second kappa shape index (κ2) is 9.14. The molecular formula is C24H21FN2O3S. The van der Waals surface area contributed by atoms with E-state index in [1.165, 1.54) is 33.8 Å². The molecule has 4 aromatic rings. The Balaban J connectivity index is 1.35. The number of carbonyl (C=O) groups is 1. The lowest BCUT2D eigenvalue weighted by atomic mass is 10.0. The number of fused-ring (bicyclic) bond motifs is 1. The van der Waals surface area contributed by atoms with Crippen LogP contribution < -0.4 is 5.32 Å². The molecule has 0 aliphatic carbocycles. The number of aromatic nitrogens is 1. The highest BCUT2D eigenvalue weighted by Gasteiger charge is 2.17. The van der Waals surface area contributed by atoms with Gasteiger partial charge in [-0.25, -0.2) is 4.39 Å². The van der Waals surface area contributed by atoms with E-state index in [1.807, 2.05) is 12.3 Å². The maximum absolute atomic E-state index is 13.2. The molecule has 0 saturated carbocycles. The Morgan fingerprint density at radius 1 is 1.03 bits per heavy atom. The van der Waals surface area contributed by atoms with E-state index in [0.29, 0.717) is 17.7 Å². The molecule has 0 aliphatic heterocycles. The van der Waals surface area contributed by atoms with Crippen molar-refractivity contribution in [3.05, 3.63) is 77.2 Å². The van der Waals surface area contributed by atoms with Crippen molar-refractivity contribution in [3.63, 3.8) is 0 Å². The molecule has 0 aliphatic rings. The van der Waals surface area contributed by atoms with Gasteiger partial charge in [-0.3, -0.25) is 9.78 Å². The lowest BCUT2D eigenvalue weighted by molar-refractivity contribution is 0.0949. The molecule has 0 fully saturated rings. The van der Waals surface area contributed by atoms with Crippen LogP contribution in [0.2, 0.25) is 0 Å². The van der Waals surface area contributed by atoms with Gasteiger partial charge < -0.3 is 15.5 Å². The van der Waals surface area contributed by atoms with Gasteiger partial charge in [-0.05, 0) is 66.8 Å². The molecule has 0 atom stereocenters. The number of thiophene rings is 1. The molecule has 7 heteroatoms. The summed E-state index contributed by atoms with van der Waals surface area (Å²) in [4.78, 5) is 18.0. The minimum atomic E-state index is -0.470. The Bertz CT molecular complexity index is 1190. The normalized spacial score (nSPS) is 11.0. The first-order valence-electron chi connectivity index (χ1n) is 9.94. The quantitative estimate of drug-likeness (QED) is 0.272. The van der Waals surface area contributed by atoms with Crippen molar-refractivity contribution in [2.75, 3.05) is 6.54 Å². The highest BCUT2D eigenvalue weighted by atomic mass is 32.1. The fraction of sp³-hybridized carbons (Fsp3) is 0.167. The summed E-state index contributed by atoms with van der Waals surface area (Å²) in [7, 11) is 0. The molecule has 1 amide bonds. The SMILES string of the molecule is O=C(NCCCCc1cc2cnccc2s1)c1cc(-c2ccc(F)cc2)cc(O)c1O. The lowest BCUT2D eigenvalue weighted by Gasteiger charge is -2.11. The number of unbranched alkanes of at least 4 members (excludes halogenated alkanes) is 1. The molecule has 3 N–H and O–H groups in total. The number of amides is 1. The molecule has 2 aromatic heterocycles. The predicted octanol–water partition coefficient (Wildman–Crippen LogP) is 5.27. The average molecular weight is 437 g/mol. The minimum Gasteiger partial charge on any atom is -0.504 e. The van der Waals surface area contributed by atoms with Crippen molar-refractivity contribution in [1.82, 2.24) is 10.3 Å². The number of rotatable bonds is 7. The molecular weight excluding hydrogens is 415 g/mol. The number of carbonyl (C=O) groups excluding carboxylic acids is 1. The van der Waals surface area contributed by atoms with Crippen molar-refractivity contribution in [2.45, 2.75) is 19.3 Å². The van der Waals surface area contributed by atoms with E-state index >= 15 is 0 Å². The van der Waals surface area contributed by atoms with Crippen LogP contribution in [0.1, 0.15) is 28.1 Å². The molecule has 0 saturated heterocycles. The highest BCUT2D eigenvalue weighted by Crippen LogP contribution is 2.34. The van der Waals surface area contributed by atoms with Crippen LogP contribution in [0.5, 0.6) is 11.5 Å². The first kappa shape index (κ1) is 20.8. The van der Waals surface area contributed by atoms with Crippen LogP contribution in [-0.4, -0.2) is 27.6 Å². The van der Waals surface area contributed by atoms with Gasteiger partial charge in [0.05, 0.1) is 5.56 Å². The first-order valence-corrected chi connectivity index (χ1v) is 10.8. The Morgan fingerprint density at radius 3 is 2.61 bits per heavy atom. The van der Waals surface area contributed by atoms with Gasteiger partial charge in [0.25, 0.3) is 5.91 Å². The van der Waals surface area contributed by atoms with Crippen LogP contribution in [0, 0.1) is 5.82 Å². The molecule has 4 rings (SSSR count). The molecule has 0 bridgehead atoms. The zero-order valence-corrected chi connectivity index (χ0v) is 17.5. The van der Waals surface area contributed by atoms with E-state index in [0.717, 1.165) is 24.6 Å². The van der Waals surface area contributed by atoms with Crippen LogP contribution in [0.4, 0.5) is 4.39 Å². The Labute approximate surface area is 182 Å². The Morgan fingerprint density at radius 2 is 1.84 bits per heavy atom. The largest absolute Gasteiger partial charge is 0.504 e. The van der Waals surface area contributed by atoms with Gasteiger partial charge in [-0.1, -0.05) is 12.1 Å². The summed E-state index contributed by atoms with van der Waals surface area (Å²) in [6, 6.07) is 12.7. The molecule has 2 aromatic carbocycles. The van der Waals surface area contributed by atoms with Crippen molar-refractivity contribution in [2.24, 2.45) is 0 Å². The third-order valence-electron chi connectivity index (χ3n) is 5.02. The van der Waals surface area contributed by atoms with Crippen LogP contribution in [0.3, 0.4) is 0 Å². The number of phenolic OH excluding ortho intramolecular Hbond substituents is 2. The van der Waals surface area contributed by atoms with Crippen molar-refractivity contribution in [1.29, 1.82) is 0 Å². The van der Waals surface area contributed by atoms with E-state index in [4.69, 9.17) is 0 Å². The third kappa shape index (κ3) is 4.83. The maximum atomic E-state index is 13.2. The number of halogens is 1. The summed E-state index contributed by atoms with van der Waals surface area (Å²) in [5, 5.41) is 24.1.